The topological polar surface area (TPSA) is 29.5 Å². The second kappa shape index (κ2) is 6.80. The number of hydrogen-bond donors (Lipinski definition) is 0. The van der Waals surface area contributed by atoms with Crippen molar-refractivity contribution in [1.29, 1.82) is 0 Å². The predicted octanol–water partition coefficient (Wildman–Crippen LogP) is 3.51. The number of rotatable bonds is 3. The lowest BCUT2D eigenvalue weighted by molar-refractivity contribution is -0.137. The first-order valence-electron chi connectivity index (χ1n) is 6.88. The van der Waals surface area contributed by atoms with Crippen LogP contribution >= 0.6 is 11.6 Å². The van der Waals surface area contributed by atoms with Gasteiger partial charge in [0, 0.05) is 18.1 Å². The summed E-state index contributed by atoms with van der Waals surface area (Å²) in [7, 11) is 0. The summed E-state index contributed by atoms with van der Waals surface area (Å²) in [5, 5.41) is 0.666. The van der Waals surface area contributed by atoms with E-state index in [0.717, 1.165) is 25.9 Å². The van der Waals surface area contributed by atoms with Gasteiger partial charge in [0.25, 0.3) is 5.91 Å². The zero-order chi connectivity index (χ0) is 13.7. The van der Waals surface area contributed by atoms with Crippen LogP contribution in [0.4, 0.5) is 0 Å². The van der Waals surface area contributed by atoms with Crippen LogP contribution in [-0.4, -0.2) is 30.0 Å². The first kappa shape index (κ1) is 14.2. The van der Waals surface area contributed by atoms with Crippen LogP contribution in [0.2, 0.25) is 5.02 Å². The van der Waals surface area contributed by atoms with Gasteiger partial charge in [0.2, 0.25) is 0 Å². The molecule has 1 fully saturated rings. The van der Waals surface area contributed by atoms with E-state index in [1.165, 1.54) is 12.8 Å². The molecule has 0 aliphatic carbocycles. The molecule has 0 saturated carbocycles. The maximum atomic E-state index is 12.3. The molecule has 1 atom stereocenters. The molecule has 1 aromatic rings. The third-order valence-electron chi connectivity index (χ3n) is 3.39. The summed E-state index contributed by atoms with van der Waals surface area (Å²) in [5.41, 5.74) is 0. The number of likely N-dealkylation sites (tertiary alicyclic amines) is 1. The maximum absolute atomic E-state index is 12.3. The fourth-order valence-electron chi connectivity index (χ4n) is 2.32. The van der Waals surface area contributed by atoms with Gasteiger partial charge in [-0.2, -0.15) is 0 Å². The molecule has 104 valence electrons. The van der Waals surface area contributed by atoms with Gasteiger partial charge in [-0.1, -0.05) is 24.4 Å². The minimum Gasteiger partial charge on any atom is -0.481 e. The summed E-state index contributed by atoms with van der Waals surface area (Å²) < 4.78 is 5.68. The molecular formula is C15H20ClNO2. The van der Waals surface area contributed by atoms with Crippen molar-refractivity contribution in [3.05, 3.63) is 29.3 Å². The molecule has 1 aromatic carbocycles. The van der Waals surface area contributed by atoms with Crippen molar-refractivity contribution in [3.63, 3.8) is 0 Å². The van der Waals surface area contributed by atoms with Crippen molar-refractivity contribution in [2.24, 2.45) is 0 Å². The molecule has 4 heteroatoms. The number of carbonyl (C=O) groups is 1. The van der Waals surface area contributed by atoms with Crippen LogP contribution in [0, 0.1) is 0 Å². The molecule has 0 radical (unpaired) electrons. The van der Waals surface area contributed by atoms with Gasteiger partial charge in [-0.25, -0.2) is 0 Å². The van der Waals surface area contributed by atoms with Gasteiger partial charge >= 0.3 is 0 Å². The zero-order valence-electron chi connectivity index (χ0n) is 11.3. The lowest BCUT2D eigenvalue weighted by Crippen LogP contribution is -2.40. The fraction of sp³-hybridized carbons (Fsp3) is 0.533. The van der Waals surface area contributed by atoms with E-state index in [1.54, 1.807) is 24.3 Å². The van der Waals surface area contributed by atoms with Crippen molar-refractivity contribution in [1.82, 2.24) is 4.90 Å². The molecule has 0 bridgehead atoms. The Labute approximate surface area is 119 Å². The highest BCUT2D eigenvalue weighted by Crippen LogP contribution is 2.18. The zero-order valence-corrected chi connectivity index (χ0v) is 12.0. The molecule has 1 aliphatic heterocycles. The van der Waals surface area contributed by atoms with E-state index in [2.05, 4.69) is 0 Å². The quantitative estimate of drug-likeness (QED) is 0.848. The molecule has 1 unspecified atom stereocenters. The lowest BCUT2D eigenvalue weighted by Gasteiger charge is -2.24. The van der Waals surface area contributed by atoms with Gasteiger partial charge in [-0.05, 0) is 44.0 Å². The molecule has 1 aliphatic rings. The Kier molecular flexibility index (Phi) is 5.08. The van der Waals surface area contributed by atoms with Crippen molar-refractivity contribution in [3.8, 4) is 5.75 Å². The molecule has 19 heavy (non-hydrogen) atoms. The summed E-state index contributed by atoms with van der Waals surface area (Å²) in [6.07, 6.45) is 4.19. The standard InChI is InChI=1S/C15H20ClNO2/c1-12(19-14-8-6-13(16)7-9-14)15(18)17-10-4-2-3-5-11-17/h6-9,12H,2-5,10-11H2,1H3. The van der Waals surface area contributed by atoms with Crippen molar-refractivity contribution in [2.45, 2.75) is 38.7 Å². The first-order valence-corrected chi connectivity index (χ1v) is 7.25. The summed E-state index contributed by atoms with van der Waals surface area (Å²) in [6.45, 7) is 3.52. The van der Waals surface area contributed by atoms with Gasteiger partial charge < -0.3 is 9.64 Å². The van der Waals surface area contributed by atoms with E-state index >= 15 is 0 Å². The average molecular weight is 282 g/mol. The SMILES string of the molecule is CC(Oc1ccc(Cl)cc1)C(=O)N1CCCCCC1. The van der Waals surface area contributed by atoms with E-state index in [4.69, 9.17) is 16.3 Å². The van der Waals surface area contributed by atoms with Crippen molar-refractivity contribution in [2.75, 3.05) is 13.1 Å². The minimum absolute atomic E-state index is 0.0804. The van der Waals surface area contributed by atoms with Crippen LogP contribution in [0.5, 0.6) is 5.75 Å². The maximum Gasteiger partial charge on any atom is 0.263 e. The highest BCUT2D eigenvalue weighted by molar-refractivity contribution is 6.30. The Morgan fingerprint density at radius 3 is 2.32 bits per heavy atom. The predicted molar refractivity (Wildman–Crippen MR) is 76.6 cm³/mol. The number of halogens is 1. The Morgan fingerprint density at radius 1 is 1.16 bits per heavy atom. The summed E-state index contributed by atoms with van der Waals surface area (Å²) in [6, 6.07) is 7.10. The average Bonchev–Trinajstić information content (AvgIpc) is 2.69. The smallest absolute Gasteiger partial charge is 0.263 e. The molecular weight excluding hydrogens is 262 g/mol. The Bertz CT molecular complexity index is 411. The number of hydrogen-bond acceptors (Lipinski definition) is 2. The van der Waals surface area contributed by atoms with Gasteiger partial charge in [0.15, 0.2) is 6.10 Å². The number of ether oxygens (including phenoxy) is 1. The number of nitrogens with zero attached hydrogens (tertiary/aromatic N) is 1. The number of benzene rings is 1. The summed E-state index contributed by atoms with van der Waals surface area (Å²) in [5.74, 6) is 0.761. The van der Waals surface area contributed by atoms with E-state index in [-0.39, 0.29) is 5.91 Å². The van der Waals surface area contributed by atoms with Crippen LogP contribution in [0.3, 0.4) is 0 Å². The van der Waals surface area contributed by atoms with Gasteiger partial charge in [0.05, 0.1) is 0 Å². The highest BCUT2D eigenvalue weighted by Gasteiger charge is 2.22. The third kappa shape index (κ3) is 4.13. The van der Waals surface area contributed by atoms with E-state index < -0.39 is 6.10 Å². The van der Waals surface area contributed by atoms with Gasteiger partial charge in [0.1, 0.15) is 5.75 Å². The van der Waals surface area contributed by atoms with Crippen LogP contribution in [0.25, 0.3) is 0 Å². The third-order valence-corrected chi connectivity index (χ3v) is 3.64. The molecule has 0 N–H and O–H groups in total. The summed E-state index contributed by atoms with van der Waals surface area (Å²) in [4.78, 5) is 14.2. The van der Waals surface area contributed by atoms with E-state index in [0.29, 0.717) is 10.8 Å². The normalized spacial score (nSPS) is 17.7. The lowest BCUT2D eigenvalue weighted by atomic mass is 10.2. The minimum atomic E-state index is -0.445. The van der Waals surface area contributed by atoms with E-state index in [9.17, 15) is 4.79 Å². The second-order valence-corrected chi connectivity index (χ2v) is 5.39. The Hall–Kier alpha value is -1.22. The van der Waals surface area contributed by atoms with E-state index in [1.807, 2.05) is 11.8 Å². The molecule has 1 amide bonds. The molecule has 2 rings (SSSR count). The Morgan fingerprint density at radius 2 is 1.74 bits per heavy atom. The van der Waals surface area contributed by atoms with Gasteiger partial charge in [-0.15, -0.1) is 0 Å². The molecule has 0 spiro atoms. The van der Waals surface area contributed by atoms with Crippen LogP contribution in [0.1, 0.15) is 32.6 Å². The summed E-state index contributed by atoms with van der Waals surface area (Å²) >= 11 is 5.82. The van der Waals surface area contributed by atoms with Crippen LogP contribution in [-0.2, 0) is 4.79 Å². The molecule has 1 saturated heterocycles. The highest BCUT2D eigenvalue weighted by atomic mass is 35.5. The largest absolute Gasteiger partial charge is 0.481 e. The van der Waals surface area contributed by atoms with Crippen LogP contribution in [0.15, 0.2) is 24.3 Å². The molecule has 3 nitrogen and oxygen atoms in total. The fourth-order valence-corrected chi connectivity index (χ4v) is 2.44. The number of carbonyl (C=O) groups excluding carboxylic acids is 1. The van der Waals surface area contributed by atoms with Crippen molar-refractivity contribution < 1.29 is 9.53 Å². The monoisotopic (exact) mass is 281 g/mol. The molecule has 0 aromatic heterocycles. The number of amides is 1. The Balaban J connectivity index is 1.92. The first-order chi connectivity index (χ1) is 9.16. The van der Waals surface area contributed by atoms with Crippen molar-refractivity contribution >= 4 is 17.5 Å². The molecule has 1 heterocycles. The van der Waals surface area contributed by atoms with Crippen LogP contribution < -0.4 is 4.74 Å². The second-order valence-electron chi connectivity index (χ2n) is 4.95. The van der Waals surface area contributed by atoms with Gasteiger partial charge in [-0.3, -0.25) is 4.79 Å².